The Morgan fingerprint density at radius 2 is 2.08 bits per heavy atom. The molecule has 0 fully saturated rings. The van der Waals surface area contributed by atoms with Gasteiger partial charge in [-0.05, 0) is 36.8 Å². The summed E-state index contributed by atoms with van der Waals surface area (Å²) < 4.78 is 7.34. The van der Waals surface area contributed by atoms with Gasteiger partial charge in [0, 0.05) is 12.3 Å². The van der Waals surface area contributed by atoms with Crippen LogP contribution in [0.1, 0.15) is 24.2 Å². The van der Waals surface area contributed by atoms with Crippen molar-refractivity contribution in [1.29, 1.82) is 5.26 Å². The summed E-state index contributed by atoms with van der Waals surface area (Å²) in [6.45, 7) is 2.72. The van der Waals surface area contributed by atoms with E-state index < -0.39 is 6.10 Å². The number of hydrogen-bond acceptors (Lipinski definition) is 6. The maximum atomic E-state index is 10.3. The number of rotatable bonds is 6. The highest BCUT2D eigenvalue weighted by Crippen LogP contribution is 2.27. The highest BCUT2D eigenvalue weighted by Gasteiger charge is 2.17. The lowest BCUT2D eigenvalue weighted by molar-refractivity contribution is 0.204. The molecule has 3 rings (SSSR count). The fraction of sp³-hybridized carbons (Fsp3) is 0.235. The second-order valence-electron chi connectivity index (χ2n) is 5.09. The summed E-state index contributed by atoms with van der Waals surface area (Å²) in [6.07, 6.45) is 0.961. The fourth-order valence-corrected chi connectivity index (χ4v) is 3.27. The number of nitriles is 1. The van der Waals surface area contributed by atoms with E-state index >= 15 is 0 Å². The van der Waals surface area contributed by atoms with Crippen molar-refractivity contribution in [3.63, 3.8) is 0 Å². The first-order valence-electron chi connectivity index (χ1n) is 7.51. The van der Waals surface area contributed by atoms with Gasteiger partial charge in [-0.25, -0.2) is 0 Å². The van der Waals surface area contributed by atoms with Crippen LogP contribution in [0.5, 0.6) is 0 Å². The molecule has 0 spiro atoms. The van der Waals surface area contributed by atoms with Crippen LogP contribution < -0.4 is 0 Å². The quantitative estimate of drug-likeness (QED) is 0.693. The molecule has 1 atom stereocenters. The van der Waals surface area contributed by atoms with E-state index in [1.165, 1.54) is 11.8 Å². The van der Waals surface area contributed by atoms with Crippen molar-refractivity contribution in [2.24, 2.45) is 0 Å². The van der Waals surface area contributed by atoms with Gasteiger partial charge in [-0.3, -0.25) is 4.57 Å². The summed E-state index contributed by atoms with van der Waals surface area (Å²) in [4.78, 5) is 0. The molecule has 1 aromatic carbocycles. The summed E-state index contributed by atoms with van der Waals surface area (Å²) in [7, 11) is 0. The molecular weight excluding hydrogens is 324 g/mol. The van der Waals surface area contributed by atoms with Gasteiger partial charge in [0.2, 0.25) is 0 Å². The van der Waals surface area contributed by atoms with Crippen molar-refractivity contribution >= 4 is 11.8 Å². The standard InChI is InChI=1S/C17H16N4O2S/c1-2-21-16(15-4-3-9-23-15)19-20-17(21)24-11-14(22)13-7-5-12(10-18)6-8-13/h3-9,14,22H,2,11H2,1H3. The van der Waals surface area contributed by atoms with Crippen LogP contribution in [-0.4, -0.2) is 25.6 Å². The summed E-state index contributed by atoms with van der Waals surface area (Å²) in [5.74, 6) is 1.80. The molecule has 0 aliphatic heterocycles. The Labute approximate surface area is 143 Å². The molecule has 1 unspecified atom stereocenters. The van der Waals surface area contributed by atoms with E-state index in [0.29, 0.717) is 29.4 Å². The predicted molar refractivity (Wildman–Crippen MR) is 90.2 cm³/mol. The molecule has 0 radical (unpaired) electrons. The minimum atomic E-state index is -0.642. The first kappa shape index (κ1) is 16.3. The van der Waals surface area contributed by atoms with Crippen LogP contribution in [0.4, 0.5) is 0 Å². The van der Waals surface area contributed by atoms with Crippen LogP contribution >= 0.6 is 11.8 Å². The molecule has 2 heterocycles. The smallest absolute Gasteiger partial charge is 0.200 e. The molecule has 3 aromatic rings. The summed E-state index contributed by atoms with van der Waals surface area (Å²) in [5, 5.41) is 28.2. The van der Waals surface area contributed by atoms with E-state index in [2.05, 4.69) is 16.3 Å². The molecule has 1 N–H and O–H groups in total. The number of benzene rings is 1. The fourth-order valence-electron chi connectivity index (χ4n) is 2.30. The molecule has 0 amide bonds. The lowest BCUT2D eigenvalue weighted by Gasteiger charge is -2.11. The van der Waals surface area contributed by atoms with Gasteiger partial charge in [0.1, 0.15) is 0 Å². The van der Waals surface area contributed by atoms with Crippen LogP contribution in [0.3, 0.4) is 0 Å². The zero-order valence-electron chi connectivity index (χ0n) is 13.1. The van der Waals surface area contributed by atoms with Crippen molar-refractivity contribution < 1.29 is 9.52 Å². The largest absolute Gasteiger partial charge is 0.461 e. The predicted octanol–water partition coefficient (Wildman–Crippen LogP) is 3.26. The van der Waals surface area contributed by atoms with E-state index in [9.17, 15) is 5.11 Å². The van der Waals surface area contributed by atoms with Crippen molar-refractivity contribution in [3.8, 4) is 17.7 Å². The maximum Gasteiger partial charge on any atom is 0.200 e. The zero-order valence-corrected chi connectivity index (χ0v) is 13.9. The minimum Gasteiger partial charge on any atom is -0.461 e. The third-order valence-corrected chi connectivity index (χ3v) is 4.61. The average Bonchev–Trinajstić information content (AvgIpc) is 3.28. The molecule has 122 valence electrons. The second-order valence-corrected chi connectivity index (χ2v) is 6.08. The molecule has 0 aliphatic carbocycles. The number of nitrogens with zero attached hydrogens (tertiary/aromatic N) is 4. The van der Waals surface area contributed by atoms with Crippen LogP contribution in [0.2, 0.25) is 0 Å². The number of thioether (sulfide) groups is 1. The van der Waals surface area contributed by atoms with Gasteiger partial charge in [0.25, 0.3) is 0 Å². The molecule has 0 bridgehead atoms. The molecule has 0 saturated heterocycles. The third kappa shape index (κ3) is 3.35. The molecular formula is C17H16N4O2S. The van der Waals surface area contributed by atoms with Crippen LogP contribution in [0.15, 0.2) is 52.2 Å². The monoisotopic (exact) mass is 340 g/mol. The Hall–Kier alpha value is -2.56. The highest BCUT2D eigenvalue weighted by molar-refractivity contribution is 7.99. The van der Waals surface area contributed by atoms with E-state index in [4.69, 9.17) is 9.68 Å². The van der Waals surface area contributed by atoms with Gasteiger partial charge >= 0.3 is 0 Å². The number of aliphatic hydroxyl groups excluding tert-OH is 1. The number of aromatic nitrogens is 3. The van der Waals surface area contributed by atoms with E-state index in [0.717, 1.165) is 10.7 Å². The van der Waals surface area contributed by atoms with Crippen molar-refractivity contribution in [1.82, 2.24) is 14.8 Å². The van der Waals surface area contributed by atoms with E-state index in [1.54, 1.807) is 30.5 Å². The number of aliphatic hydroxyl groups is 1. The van der Waals surface area contributed by atoms with Gasteiger partial charge in [-0.15, -0.1) is 10.2 Å². The molecule has 0 saturated carbocycles. The highest BCUT2D eigenvalue weighted by atomic mass is 32.2. The molecule has 0 aliphatic rings. The summed E-state index contributed by atoms with van der Waals surface area (Å²) in [5.41, 5.74) is 1.35. The topological polar surface area (TPSA) is 87.9 Å². The average molecular weight is 340 g/mol. The van der Waals surface area contributed by atoms with Gasteiger partial charge < -0.3 is 9.52 Å². The lowest BCUT2D eigenvalue weighted by Crippen LogP contribution is -2.04. The first-order valence-corrected chi connectivity index (χ1v) is 8.49. The van der Waals surface area contributed by atoms with Crippen LogP contribution in [0, 0.1) is 11.3 Å². The van der Waals surface area contributed by atoms with Gasteiger partial charge in [0.15, 0.2) is 16.7 Å². The molecule has 6 nitrogen and oxygen atoms in total. The SMILES string of the molecule is CCn1c(SCC(O)c2ccc(C#N)cc2)nnc1-c1ccco1. The number of hydrogen-bond donors (Lipinski definition) is 1. The second kappa shape index (κ2) is 7.34. The Kier molecular flexibility index (Phi) is 4.99. The van der Waals surface area contributed by atoms with Gasteiger partial charge in [-0.1, -0.05) is 23.9 Å². The summed E-state index contributed by atoms with van der Waals surface area (Å²) in [6, 6.07) is 12.7. The maximum absolute atomic E-state index is 10.3. The Balaban J connectivity index is 1.71. The summed E-state index contributed by atoms with van der Waals surface area (Å²) >= 11 is 1.44. The zero-order chi connectivity index (χ0) is 16.9. The normalized spacial score (nSPS) is 12.0. The van der Waals surface area contributed by atoms with Gasteiger partial charge in [0.05, 0.1) is 24.0 Å². The van der Waals surface area contributed by atoms with Gasteiger partial charge in [-0.2, -0.15) is 5.26 Å². The lowest BCUT2D eigenvalue weighted by atomic mass is 10.1. The van der Waals surface area contributed by atoms with E-state index in [1.807, 2.05) is 23.6 Å². The molecule has 2 aromatic heterocycles. The molecule has 7 heteroatoms. The number of furan rings is 1. The Morgan fingerprint density at radius 3 is 2.71 bits per heavy atom. The van der Waals surface area contributed by atoms with Crippen molar-refractivity contribution in [2.45, 2.75) is 24.7 Å². The van der Waals surface area contributed by atoms with Crippen molar-refractivity contribution in [3.05, 3.63) is 53.8 Å². The Bertz CT molecular complexity index is 835. The van der Waals surface area contributed by atoms with E-state index in [-0.39, 0.29) is 0 Å². The molecule has 24 heavy (non-hydrogen) atoms. The minimum absolute atomic E-state index is 0.447. The van der Waals surface area contributed by atoms with Crippen molar-refractivity contribution in [2.75, 3.05) is 5.75 Å². The Morgan fingerprint density at radius 1 is 1.29 bits per heavy atom. The van der Waals surface area contributed by atoms with Crippen LogP contribution in [0.25, 0.3) is 11.6 Å². The van der Waals surface area contributed by atoms with Crippen LogP contribution in [-0.2, 0) is 6.54 Å². The first-order chi connectivity index (χ1) is 11.7. The third-order valence-electron chi connectivity index (χ3n) is 3.57.